The number of benzene rings is 3. The van der Waals surface area contributed by atoms with Gasteiger partial charge in [-0.05, 0) is 54.4 Å². The number of amides is 2. The lowest BCUT2D eigenvalue weighted by Crippen LogP contribution is -2.38. The van der Waals surface area contributed by atoms with E-state index in [1.807, 2.05) is 48.5 Å². The van der Waals surface area contributed by atoms with E-state index in [2.05, 4.69) is 15.4 Å². The predicted octanol–water partition coefficient (Wildman–Crippen LogP) is 3.92. The predicted molar refractivity (Wildman–Crippen MR) is 148 cm³/mol. The molecule has 0 bridgehead atoms. The zero-order valence-electron chi connectivity index (χ0n) is 22.5. The number of halogens is 1. The lowest BCUT2D eigenvalue weighted by atomic mass is 10.1. The Labute approximate surface area is 237 Å². The van der Waals surface area contributed by atoms with Crippen LogP contribution >= 0.6 is 11.6 Å². The van der Waals surface area contributed by atoms with E-state index in [0.717, 1.165) is 16.9 Å². The molecule has 212 valence electrons. The van der Waals surface area contributed by atoms with Crippen LogP contribution < -0.4 is 29.6 Å². The summed E-state index contributed by atoms with van der Waals surface area (Å²) < 4.78 is 27.1. The number of methoxy groups -OCH3 is 2. The molecule has 3 rings (SSSR count). The maximum absolute atomic E-state index is 12.9. The number of hydrogen-bond donors (Lipinski definition) is 2. The van der Waals surface area contributed by atoms with E-state index in [1.165, 1.54) is 6.07 Å². The van der Waals surface area contributed by atoms with Crippen LogP contribution in [-0.2, 0) is 27.5 Å². The van der Waals surface area contributed by atoms with Crippen molar-refractivity contribution in [2.24, 2.45) is 0 Å². The summed E-state index contributed by atoms with van der Waals surface area (Å²) in [5, 5.41) is 5.09. The quantitative estimate of drug-likeness (QED) is 0.180. The fourth-order valence-corrected chi connectivity index (χ4v) is 3.73. The van der Waals surface area contributed by atoms with Crippen LogP contribution in [0.25, 0.3) is 0 Å². The molecule has 0 saturated heterocycles. The Morgan fingerprint density at radius 3 is 1.85 bits per heavy atom. The third-order valence-corrected chi connectivity index (χ3v) is 5.93. The normalized spacial score (nSPS) is 10.3. The van der Waals surface area contributed by atoms with Crippen LogP contribution in [0.4, 0.5) is 0 Å². The first-order valence-electron chi connectivity index (χ1n) is 12.4. The summed E-state index contributed by atoms with van der Waals surface area (Å²) in [5.41, 5.74) is 1.90. The first-order chi connectivity index (χ1) is 19.4. The van der Waals surface area contributed by atoms with Crippen LogP contribution in [0.5, 0.6) is 23.0 Å². The summed E-state index contributed by atoms with van der Waals surface area (Å²) in [4.78, 5) is 35.9. The van der Waals surface area contributed by atoms with Crippen LogP contribution in [0, 0.1) is 0 Å². The smallest absolute Gasteiger partial charge is 0.396 e. The summed E-state index contributed by atoms with van der Waals surface area (Å²) in [6.07, 6.45) is 0. The number of carbonyl (C=O) groups excluding carboxylic acids is 3. The Morgan fingerprint density at radius 2 is 1.30 bits per heavy atom. The molecule has 0 unspecified atom stereocenters. The lowest BCUT2D eigenvalue weighted by molar-refractivity contribution is -0.154. The van der Waals surface area contributed by atoms with Gasteiger partial charge in [0.25, 0.3) is 5.91 Å². The molecule has 0 fully saturated rings. The standard InChI is InChI=1S/C29H31ClN2O8/c1-4-38-29(35)28(34)32-16-15-31-27(33)23-13-14-24(39-17-19-5-9-21(36-2)10-6-19)26(25(23)30)40-18-20-7-11-22(37-3)12-8-20/h5-14H,4,15-18H2,1-3H3,(H,31,33)(H,32,34). The van der Waals surface area contributed by atoms with Gasteiger partial charge in [0.2, 0.25) is 0 Å². The number of esters is 1. The number of rotatable bonds is 13. The highest BCUT2D eigenvalue weighted by molar-refractivity contribution is 6.35. The van der Waals surface area contributed by atoms with Crippen LogP contribution in [0.15, 0.2) is 60.7 Å². The van der Waals surface area contributed by atoms with E-state index in [9.17, 15) is 14.4 Å². The highest BCUT2D eigenvalue weighted by atomic mass is 35.5. The average molecular weight is 571 g/mol. The largest absolute Gasteiger partial charge is 0.497 e. The highest BCUT2D eigenvalue weighted by Gasteiger charge is 2.20. The molecular formula is C29H31ClN2O8. The molecule has 0 saturated carbocycles. The van der Waals surface area contributed by atoms with E-state index in [4.69, 9.17) is 30.5 Å². The van der Waals surface area contributed by atoms with Crippen molar-refractivity contribution in [2.45, 2.75) is 20.1 Å². The highest BCUT2D eigenvalue weighted by Crippen LogP contribution is 2.39. The van der Waals surface area contributed by atoms with Gasteiger partial charge in [-0.3, -0.25) is 9.59 Å². The van der Waals surface area contributed by atoms with Gasteiger partial charge in [0.05, 0.1) is 31.4 Å². The second kappa shape index (κ2) is 15.2. The van der Waals surface area contributed by atoms with E-state index in [-0.39, 0.29) is 49.2 Å². The van der Waals surface area contributed by atoms with Gasteiger partial charge in [-0.1, -0.05) is 35.9 Å². The van der Waals surface area contributed by atoms with Gasteiger partial charge in [0.15, 0.2) is 11.5 Å². The fraction of sp³-hybridized carbons (Fsp3) is 0.276. The molecule has 40 heavy (non-hydrogen) atoms. The Balaban J connectivity index is 1.72. The maximum atomic E-state index is 12.9. The molecule has 0 aromatic heterocycles. The van der Waals surface area contributed by atoms with Crippen LogP contribution in [0.1, 0.15) is 28.4 Å². The summed E-state index contributed by atoms with van der Waals surface area (Å²) in [6.45, 7) is 2.14. The van der Waals surface area contributed by atoms with Crippen molar-refractivity contribution in [3.05, 3.63) is 82.4 Å². The van der Waals surface area contributed by atoms with E-state index in [0.29, 0.717) is 11.5 Å². The van der Waals surface area contributed by atoms with Gasteiger partial charge in [-0.15, -0.1) is 0 Å². The minimum absolute atomic E-state index is 0.0187. The van der Waals surface area contributed by atoms with E-state index in [1.54, 1.807) is 27.2 Å². The molecular weight excluding hydrogens is 540 g/mol. The molecule has 0 radical (unpaired) electrons. The second-order valence-electron chi connectivity index (χ2n) is 8.26. The Bertz CT molecular complexity index is 1300. The molecule has 10 nitrogen and oxygen atoms in total. The number of hydrogen-bond acceptors (Lipinski definition) is 8. The van der Waals surface area contributed by atoms with Crippen LogP contribution in [-0.4, -0.2) is 51.7 Å². The summed E-state index contributed by atoms with van der Waals surface area (Å²) >= 11 is 6.65. The van der Waals surface area contributed by atoms with E-state index >= 15 is 0 Å². The molecule has 0 aliphatic carbocycles. The minimum Gasteiger partial charge on any atom is -0.497 e. The third kappa shape index (κ3) is 8.54. The lowest BCUT2D eigenvalue weighted by Gasteiger charge is -2.17. The second-order valence-corrected chi connectivity index (χ2v) is 8.64. The monoisotopic (exact) mass is 570 g/mol. The summed E-state index contributed by atoms with van der Waals surface area (Å²) in [6, 6.07) is 17.9. The molecule has 0 aliphatic rings. The Hall–Kier alpha value is -4.44. The first-order valence-corrected chi connectivity index (χ1v) is 12.8. The number of carbonyl (C=O) groups is 3. The molecule has 0 heterocycles. The van der Waals surface area contributed by atoms with Crippen molar-refractivity contribution < 1.29 is 38.1 Å². The van der Waals surface area contributed by atoms with Crippen molar-refractivity contribution in [1.29, 1.82) is 0 Å². The topological polar surface area (TPSA) is 121 Å². The molecule has 11 heteroatoms. The van der Waals surface area contributed by atoms with Crippen molar-refractivity contribution in [2.75, 3.05) is 33.9 Å². The Kier molecular flexibility index (Phi) is 11.5. The van der Waals surface area contributed by atoms with Crippen molar-refractivity contribution in [1.82, 2.24) is 10.6 Å². The SMILES string of the molecule is CCOC(=O)C(=O)NCCNC(=O)c1ccc(OCc2ccc(OC)cc2)c(OCc2ccc(OC)cc2)c1Cl. The van der Waals surface area contributed by atoms with Gasteiger partial charge >= 0.3 is 11.9 Å². The van der Waals surface area contributed by atoms with Gasteiger partial charge in [0, 0.05) is 13.1 Å². The summed E-state index contributed by atoms with van der Waals surface area (Å²) in [7, 11) is 3.18. The van der Waals surface area contributed by atoms with Crippen molar-refractivity contribution in [3.63, 3.8) is 0 Å². The zero-order chi connectivity index (χ0) is 28.9. The first kappa shape index (κ1) is 30.1. The molecule has 3 aromatic carbocycles. The molecule has 0 atom stereocenters. The number of ether oxygens (including phenoxy) is 5. The van der Waals surface area contributed by atoms with Crippen LogP contribution in [0.3, 0.4) is 0 Å². The average Bonchev–Trinajstić information content (AvgIpc) is 2.98. The molecule has 0 aliphatic heterocycles. The molecule has 0 spiro atoms. The molecule has 2 N–H and O–H groups in total. The van der Waals surface area contributed by atoms with E-state index < -0.39 is 17.8 Å². The fourth-order valence-electron chi connectivity index (χ4n) is 3.44. The van der Waals surface area contributed by atoms with Crippen molar-refractivity contribution in [3.8, 4) is 23.0 Å². The van der Waals surface area contributed by atoms with Crippen LogP contribution in [0.2, 0.25) is 5.02 Å². The minimum atomic E-state index is -0.985. The zero-order valence-corrected chi connectivity index (χ0v) is 23.2. The summed E-state index contributed by atoms with van der Waals surface area (Å²) in [5.74, 6) is -0.371. The Morgan fingerprint density at radius 1 is 0.750 bits per heavy atom. The third-order valence-electron chi connectivity index (χ3n) is 5.56. The molecule has 2 amide bonds. The van der Waals surface area contributed by atoms with Gasteiger partial charge in [-0.2, -0.15) is 0 Å². The maximum Gasteiger partial charge on any atom is 0.396 e. The molecule has 3 aromatic rings. The van der Waals surface area contributed by atoms with Gasteiger partial charge in [0.1, 0.15) is 24.7 Å². The number of nitrogens with one attached hydrogen (secondary N) is 2. The van der Waals surface area contributed by atoms with Gasteiger partial charge in [-0.25, -0.2) is 4.79 Å². The van der Waals surface area contributed by atoms with Crippen molar-refractivity contribution >= 4 is 29.4 Å². The van der Waals surface area contributed by atoms with Gasteiger partial charge < -0.3 is 34.3 Å².